The molecule has 0 saturated carbocycles. The van der Waals surface area contributed by atoms with Crippen molar-refractivity contribution in [2.24, 2.45) is 0 Å². The van der Waals surface area contributed by atoms with Gasteiger partial charge in [0.1, 0.15) is 29.7 Å². The molecule has 2 unspecified atom stereocenters. The molecule has 5 rings (SSSR count). The van der Waals surface area contributed by atoms with Crippen LogP contribution in [0.15, 0.2) is 89.8 Å². The number of carbonyl (C=O) groups excluding carboxylic acids is 1. The Balaban J connectivity index is 1.44. The summed E-state index contributed by atoms with van der Waals surface area (Å²) in [5.41, 5.74) is 2.41. The Labute approximate surface area is 206 Å². The summed E-state index contributed by atoms with van der Waals surface area (Å²) in [6, 6.07) is 18.8. The third-order valence-corrected chi connectivity index (χ3v) is 5.74. The standard InChI is InChI=1S/C27H23FN4O4/c1-17(31-26(33)27-29-12-13-35-27)25(18-4-3-5-22(14-18)34-2)36-23-10-11-24-19(15-23)16-30-32(24)21-8-6-20(28)7-9-21/h3-17,25H,1-2H3,(H,31,33). The highest BCUT2D eigenvalue weighted by atomic mass is 19.1. The van der Waals surface area contributed by atoms with Gasteiger partial charge in [-0.05, 0) is 67.1 Å². The number of amides is 1. The van der Waals surface area contributed by atoms with Crippen LogP contribution in [0.5, 0.6) is 11.5 Å². The molecule has 3 aromatic carbocycles. The molecular formula is C27H23FN4O4. The van der Waals surface area contributed by atoms with Crippen LogP contribution < -0.4 is 14.8 Å². The van der Waals surface area contributed by atoms with Crippen LogP contribution >= 0.6 is 0 Å². The fourth-order valence-electron chi connectivity index (χ4n) is 3.98. The molecule has 36 heavy (non-hydrogen) atoms. The topological polar surface area (TPSA) is 91.4 Å². The van der Waals surface area contributed by atoms with Gasteiger partial charge < -0.3 is 19.2 Å². The molecule has 5 aromatic rings. The van der Waals surface area contributed by atoms with Gasteiger partial charge in [-0.1, -0.05) is 12.1 Å². The molecule has 9 heteroatoms. The van der Waals surface area contributed by atoms with E-state index in [1.54, 1.807) is 30.1 Å². The number of benzene rings is 3. The molecule has 0 aliphatic heterocycles. The summed E-state index contributed by atoms with van der Waals surface area (Å²) < 4.78 is 32.0. The van der Waals surface area contributed by atoms with Gasteiger partial charge in [0.2, 0.25) is 0 Å². The maximum Gasteiger partial charge on any atom is 0.307 e. The largest absolute Gasteiger partial charge is 0.497 e. The molecule has 0 aliphatic rings. The van der Waals surface area contributed by atoms with Crippen LogP contribution in [-0.2, 0) is 0 Å². The molecule has 0 bridgehead atoms. The SMILES string of the molecule is COc1cccc(C(Oc2ccc3c(cnn3-c3ccc(F)cc3)c2)C(C)NC(=O)c2ncco2)c1. The van der Waals surface area contributed by atoms with Crippen LogP contribution in [0.25, 0.3) is 16.6 Å². The monoisotopic (exact) mass is 486 g/mol. The number of carbonyl (C=O) groups is 1. The maximum atomic E-state index is 13.3. The number of halogens is 1. The molecule has 0 aliphatic carbocycles. The Kier molecular flexibility index (Phi) is 6.36. The minimum atomic E-state index is -0.552. The Morgan fingerprint density at radius 2 is 1.92 bits per heavy atom. The van der Waals surface area contributed by atoms with Gasteiger partial charge in [-0.3, -0.25) is 4.79 Å². The second kappa shape index (κ2) is 9.91. The number of aromatic nitrogens is 3. The van der Waals surface area contributed by atoms with E-state index in [1.807, 2.05) is 49.4 Å². The van der Waals surface area contributed by atoms with Gasteiger partial charge in [0.15, 0.2) is 0 Å². The quantitative estimate of drug-likeness (QED) is 0.328. The van der Waals surface area contributed by atoms with Crippen molar-refractivity contribution >= 4 is 16.8 Å². The molecule has 2 heterocycles. The smallest absolute Gasteiger partial charge is 0.307 e. The number of hydrogen-bond acceptors (Lipinski definition) is 6. The Hall–Kier alpha value is -4.66. The van der Waals surface area contributed by atoms with Gasteiger partial charge in [-0.25, -0.2) is 14.1 Å². The molecule has 0 fully saturated rings. The van der Waals surface area contributed by atoms with Gasteiger partial charge >= 0.3 is 5.91 Å². The van der Waals surface area contributed by atoms with E-state index in [9.17, 15) is 9.18 Å². The van der Waals surface area contributed by atoms with E-state index >= 15 is 0 Å². The molecule has 0 radical (unpaired) electrons. The number of fused-ring (bicyclic) bond motifs is 1. The van der Waals surface area contributed by atoms with Crippen molar-refractivity contribution in [2.75, 3.05) is 7.11 Å². The second-order valence-corrected chi connectivity index (χ2v) is 8.17. The van der Waals surface area contributed by atoms with Crippen LogP contribution in [0.4, 0.5) is 4.39 Å². The first-order chi connectivity index (χ1) is 17.5. The summed E-state index contributed by atoms with van der Waals surface area (Å²) in [5.74, 6) is 0.481. The molecule has 1 amide bonds. The summed E-state index contributed by atoms with van der Waals surface area (Å²) in [6.07, 6.45) is 3.93. The van der Waals surface area contributed by atoms with Crippen LogP contribution in [-0.4, -0.2) is 33.8 Å². The second-order valence-electron chi connectivity index (χ2n) is 8.17. The van der Waals surface area contributed by atoms with Gasteiger partial charge in [0.25, 0.3) is 5.89 Å². The highest BCUT2D eigenvalue weighted by Crippen LogP contribution is 2.30. The summed E-state index contributed by atoms with van der Waals surface area (Å²) in [4.78, 5) is 16.5. The van der Waals surface area contributed by atoms with Gasteiger partial charge in [0, 0.05) is 5.39 Å². The van der Waals surface area contributed by atoms with Crippen molar-refractivity contribution in [1.82, 2.24) is 20.1 Å². The first kappa shape index (κ1) is 23.1. The minimum absolute atomic E-state index is 0.0270. The van der Waals surface area contributed by atoms with Crippen molar-refractivity contribution < 1.29 is 23.1 Å². The molecule has 8 nitrogen and oxygen atoms in total. The predicted molar refractivity (Wildman–Crippen MR) is 131 cm³/mol. The van der Waals surface area contributed by atoms with E-state index in [-0.39, 0.29) is 11.7 Å². The van der Waals surface area contributed by atoms with Crippen molar-refractivity contribution in [3.8, 4) is 17.2 Å². The summed E-state index contributed by atoms with van der Waals surface area (Å²) in [5, 5.41) is 8.19. The highest BCUT2D eigenvalue weighted by molar-refractivity contribution is 5.89. The minimum Gasteiger partial charge on any atom is -0.497 e. The zero-order valence-electron chi connectivity index (χ0n) is 19.6. The molecule has 1 N–H and O–H groups in total. The summed E-state index contributed by atoms with van der Waals surface area (Å²) in [6.45, 7) is 1.84. The summed E-state index contributed by atoms with van der Waals surface area (Å²) >= 11 is 0. The first-order valence-corrected chi connectivity index (χ1v) is 11.3. The molecule has 2 atom stereocenters. The van der Waals surface area contributed by atoms with Crippen LogP contribution in [0.3, 0.4) is 0 Å². The number of nitrogens with one attached hydrogen (secondary N) is 1. The molecule has 182 valence electrons. The number of hydrogen-bond donors (Lipinski definition) is 1. The normalized spacial score (nSPS) is 12.8. The first-order valence-electron chi connectivity index (χ1n) is 11.3. The van der Waals surface area contributed by atoms with Crippen LogP contribution in [0.2, 0.25) is 0 Å². The number of oxazole rings is 1. The molecular weight excluding hydrogens is 463 g/mol. The van der Waals surface area contributed by atoms with E-state index in [4.69, 9.17) is 13.9 Å². The lowest BCUT2D eigenvalue weighted by Crippen LogP contribution is -2.39. The third-order valence-electron chi connectivity index (χ3n) is 5.74. The fourth-order valence-corrected chi connectivity index (χ4v) is 3.98. The van der Waals surface area contributed by atoms with Crippen molar-refractivity contribution in [3.63, 3.8) is 0 Å². The Morgan fingerprint density at radius 1 is 1.08 bits per heavy atom. The van der Waals surface area contributed by atoms with Gasteiger partial charge in [-0.2, -0.15) is 5.10 Å². The number of ether oxygens (including phenoxy) is 2. The number of rotatable bonds is 8. The Bertz CT molecular complexity index is 1480. The lowest BCUT2D eigenvalue weighted by atomic mass is 10.0. The van der Waals surface area contributed by atoms with Gasteiger partial charge in [0.05, 0.1) is 36.7 Å². The van der Waals surface area contributed by atoms with E-state index in [1.165, 1.54) is 24.6 Å². The van der Waals surface area contributed by atoms with E-state index < -0.39 is 18.1 Å². The number of methoxy groups -OCH3 is 1. The summed E-state index contributed by atoms with van der Waals surface area (Å²) in [7, 11) is 1.59. The average molecular weight is 487 g/mol. The van der Waals surface area contributed by atoms with Gasteiger partial charge in [-0.15, -0.1) is 0 Å². The average Bonchev–Trinajstić information content (AvgIpc) is 3.58. The predicted octanol–water partition coefficient (Wildman–Crippen LogP) is 5.10. The maximum absolute atomic E-state index is 13.3. The third kappa shape index (κ3) is 4.76. The lowest BCUT2D eigenvalue weighted by Gasteiger charge is -2.26. The van der Waals surface area contributed by atoms with Crippen molar-refractivity contribution in [3.05, 3.63) is 103 Å². The fraction of sp³-hybridized carbons (Fsp3) is 0.148. The Morgan fingerprint density at radius 3 is 2.67 bits per heavy atom. The van der Waals surface area contributed by atoms with E-state index in [0.29, 0.717) is 11.5 Å². The molecule has 0 saturated heterocycles. The lowest BCUT2D eigenvalue weighted by molar-refractivity contribution is 0.0847. The highest BCUT2D eigenvalue weighted by Gasteiger charge is 2.26. The molecule has 2 aromatic heterocycles. The van der Waals surface area contributed by atoms with E-state index in [0.717, 1.165) is 22.2 Å². The number of nitrogens with zero attached hydrogens (tertiary/aromatic N) is 3. The van der Waals surface area contributed by atoms with Crippen molar-refractivity contribution in [1.29, 1.82) is 0 Å². The van der Waals surface area contributed by atoms with Crippen LogP contribution in [0.1, 0.15) is 29.3 Å². The van der Waals surface area contributed by atoms with Crippen LogP contribution in [0, 0.1) is 5.82 Å². The zero-order chi connectivity index (χ0) is 25.1. The van der Waals surface area contributed by atoms with E-state index in [2.05, 4.69) is 15.4 Å². The molecule has 0 spiro atoms. The zero-order valence-corrected chi connectivity index (χ0v) is 19.6. The van der Waals surface area contributed by atoms with Crippen molar-refractivity contribution in [2.45, 2.75) is 19.1 Å².